The number of nitrogens with one attached hydrogen (secondary N) is 1. The van der Waals surface area contributed by atoms with Crippen LogP contribution >= 0.6 is 34.8 Å². The van der Waals surface area contributed by atoms with Gasteiger partial charge in [0.2, 0.25) is 0 Å². The molecule has 0 aliphatic rings. The topological polar surface area (TPSA) is 30.5 Å². The Labute approximate surface area is 157 Å². The summed E-state index contributed by atoms with van der Waals surface area (Å²) < 4.78 is 11.3. The van der Waals surface area contributed by atoms with Gasteiger partial charge in [0.25, 0.3) is 0 Å². The summed E-state index contributed by atoms with van der Waals surface area (Å²) in [6.45, 7) is 5.21. The lowest BCUT2D eigenvalue weighted by molar-refractivity contribution is 0.284. The van der Waals surface area contributed by atoms with E-state index in [1.54, 1.807) is 19.2 Å². The van der Waals surface area contributed by atoms with Gasteiger partial charge in [0, 0.05) is 12.6 Å². The van der Waals surface area contributed by atoms with E-state index in [2.05, 4.69) is 19.2 Å². The van der Waals surface area contributed by atoms with Crippen LogP contribution < -0.4 is 14.8 Å². The second kappa shape index (κ2) is 8.82. The molecule has 0 heterocycles. The molecule has 1 N–H and O–H groups in total. The molecule has 24 heavy (non-hydrogen) atoms. The molecule has 0 amide bonds. The molecule has 2 aromatic rings. The van der Waals surface area contributed by atoms with E-state index >= 15 is 0 Å². The van der Waals surface area contributed by atoms with Crippen LogP contribution in [0.3, 0.4) is 0 Å². The molecule has 2 rings (SSSR count). The Balaban J connectivity index is 2.15. The SMILES string of the molecule is COc1cc(CNC(C)C)cc(Cl)c1OCc1ccc(Cl)c(Cl)c1. The fourth-order valence-electron chi connectivity index (χ4n) is 2.12. The number of hydrogen-bond acceptors (Lipinski definition) is 3. The molecule has 0 fully saturated rings. The number of halogens is 3. The first-order valence-corrected chi connectivity index (χ1v) is 8.70. The van der Waals surface area contributed by atoms with Gasteiger partial charge < -0.3 is 14.8 Å². The monoisotopic (exact) mass is 387 g/mol. The van der Waals surface area contributed by atoms with E-state index in [0.717, 1.165) is 11.1 Å². The van der Waals surface area contributed by atoms with Crippen molar-refractivity contribution >= 4 is 34.8 Å². The van der Waals surface area contributed by atoms with Crippen LogP contribution in [0.2, 0.25) is 15.1 Å². The molecule has 0 aliphatic carbocycles. The normalized spacial score (nSPS) is 11.0. The Kier molecular flexibility index (Phi) is 7.05. The predicted molar refractivity (Wildman–Crippen MR) is 101 cm³/mol. The zero-order chi connectivity index (χ0) is 17.7. The van der Waals surface area contributed by atoms with Gasteiger partial charge in [-0.3, -0.25) is 0 Å². The van der Waals surface area contributed by atoms with Crippen LogP contribution in [0.4, 0.5) is 0 Å². The minimum atomic E-state index is 0.316. The third-order valence-electron chi connectivity index (χ3n) is 3.37. The van der Waals surface area contributed by atoms with E-state index in [-0.39, 0.29) is 0 Å². The van der Waals surface area contributed by atoms with Crippen molar-refractivity contribution in [1.29, 1.82) is 0 Å². The second-order valence-corrected chi connectivity index (χ2v) is 6.90. The molecule has 6 heteroatoms. The molecule has 0 unspecified atom stereocenters. The van der Waals surface area contributed by atoms with E-state index in [1.165, 1.54) is 0 Å². The second-order valence-electron chi connectivity index (χ2n) is 5.68. The molecular weight excluding hydrogens is 369 g/mol. The highest BCUT2D eigenvalue weighted by molar-refractivity contribution is 6.42. The zero-order valence-electron chi connectivity index (χ0n) is 13.8. The molecule has 0 bridgehead atoms. The molecule has 0 saturated heterocycles. The fraction of sp³-hybridized carbons (Fsp3) is 0.333. The molecule has 0 aromatic heterocycles. The number of methoxy groups -OCH3 is 1. The maximum atomic E-state index is 6.37. The average molecular weight is 389 g/mol. The van der Waals surface area contributed by atoms with Gasteiger partial charge in [-0.2, -0.15) is 0 Å². The summed E-state index contributed by atoms with van der Waals surface area (Å²) in [4.78, 5) is 0. The summed E-state index contributed by atoms with van der Waals surface area (Å²) in [6, 6.07) is 9.55. The molecule has 2 aromatic carbocycles. The number of benzene rings is 2. The highest BCUT2D eigenvalue weighted by Gasteiger charge is 2.13. The third-order valence-corrected chi connectivity index (χ3v) is 4.39. The van der Waals surface area contributed by atoms with Crippen molar-refractivity contribution in [3.63, 3.8) is 0 Å². The predicted octanol–water partition coefficient (Wildman–Crippen LogP) is 5.73. The van der Waals surface area contributed by atoms with Crippen molar-refractivity contribution < 1.29 is 9.47 Å². The number of rotatable bonds is 7. The minimum Gasteiger partial charge on any atom is -0.493 e. The van der Waals surface area contributed by atoms with Crippen LogP contribution in [0.5, 0.6) is 11.5 Å². The first-order valence-electron chi connectivity index (χ1n) is 7.57. The van der Waals surface area contributed by atoms with Gasteiger partial charge in [0.05, 0.1) is 22.2 Å². The van der Waals surface area contributed by atoms with Crippen LogP contribution in [0.25, 0.3) is 0 Å². The Morgan fingerprint density at radius 1 is 0.958 bits per heavy atom. The lowest BCUT2D eigenvalue weighted by atomic mass is 10.2. The van der Waals surface area contributed by atoms with Crippen molar-refractivity contribution in [1.82, 2.24) is 5.32 Å². The van der Waals surface area contributed by atoms with Gasteiger partial charge in [0.1, 0.15) is 6.61 Å². The lowest BCUT2D eigenvalue weighted by Gasteiger charge is -2.15. The van der Waals surface area contributed by atoms with Gasteiger partial charge in [-0.25, -0.2) is 0 Å². The van der Waals surface area contributed by atoms with Crippen molar-refractivity contribution in [3.05, 3.63) is 56.5 Å². The van der Waals surface area contributed by atoms with Crippen molar-refractivity contribution in [2.24, 2.45) is 0 Å². The Morgan fingerprint density at radius 2 is 1.67 bits per heavy atom. The molecule has 0 radical (unpaired) electrons. The minimum absolute atomic E-state index is 0.316. The first kappa shape index (κ1) is 19.2. The smallest absolute Gasteiger partial charge is 0.180 e. The number of ether oxygens (including phenoxy) is 2. The molecule has 0 atom stereocenters. The highest BCUT2D eigenvalue weighted by atomic mass is 35.5. The summed E-state index contributed by atoms with van der Waals surface area (Å²) in [7, 11) is 1.59. The van der Waals surface area contributed by atoms with Crippen molar-refractivity contribution in [2.45, 2.75) is 33.0 Å². The van der Waals surface area contributed by atoms with Crippen LogP contribution in [0.15, 0.2) is 30.3 Å². The molecule has 0 saturated carbocycles. The summed E-state index contributed by atoms with van der Waals surface area (Å²) in [6.07, 6.45) is 0. The Hall–Kier alpha value is -1.13. The third kappa shape index (κ3) is 5.18. The van der Waals surface area contributed by atoms with Crippen LogP contribution in [-0.2, 0) is 13.2 Å². The molecule has 130 valence electrons. The van der Waals surface area contributed by atoms with E-state index in [9.17, 15) is 0 Å². The Morgan fingerprint density at radius 3 is 2.29 bits per heavy atom. The van der Waals surface area contributed by atoms with Crippen LogP contribution in [0.1, 0.15) is 25.0 Å². The largest absolute Gasteiger partial charge is 0.493 e. The first-order chi connectivity index (χ1) is 11.4. The van der Waals surface area contributed by atoms with Gasteiger partial charge >= 0.3 is 0 Å². The van der Waals surface area contributed by atoms with Crippen molar-refractivity contribution in [2.75, 3.05) is 7.11 Å². The highest BCUT2D eigenvalue weighted by Crippen LogP contribution is 2.37. The summed E-state index contributed by atoms with van der Waals surface area (Å²) in [5, 5.41) is 4.86. The van der Waals surface area contributed by atoms with Gasteiger partial charge in [-0.05, 0) is 35.4 Å². The van der Waals surface area contributed by atoms with E-state index in [4.69, 9.17) is 44.3 Å². The Bertz CT molecular complexity index is 705. The quantitative estimate of drug-likeness (QED) is 0.657. The fourth-order valence-corrected chi connectivity index (χ4v) is 2.73. The van der Waals surface area contributed by atoms with E-state index in [1.807, 2.05) is 18.2 Å². The standard InChI is InChI=1S/C18H20Cl3NO2/c1-11(2)22-9-13-7-16(21)18(17(8-13)23-3)24-10-12-4-5-14(19)15(20)6-12/h4-8,11,22H,9-10H2,1-3H3. The maximum Gasteiger partial charge on any atom is 0.180 e. The van der Waals surface area contributed by atoms with Gasteiger partial charge in [-0.1, -0.05) is 54.7 Å². The van der Waals surface area contributed by atoms with Gasteiger partial charge in [0.15, 0.2) is 11.5 Å². The lowest BCUT2D eigenvalue weighted by Crippen LogP contribution is -2.21. The summed E-state index contributed by atoms with van der Waals surface area (Å²) >= 11 is 18.3. The van der Waals surface area contributed by atoms with Crippen LogP contribution in [0, 0.1) is 0 Å². The van der Waals surface area contributed by atoms with Gasteiger partial charge in [-0.15, -0.1) is 0 Å². The molecular formula is C18H20Cl3NO2. The van der Waals surface area contributed by atoms with E-state index in [0.29, 0.717) is 45.8 Å². The molecule has 0 aliphatic heterocycles. The van der Waals surface area contributed by atoms with Crippen LogP contribution in [-0.4, -0.2) is 13.2 Å². The summed E-state index contributed by atoms with van der Waals surface area (Å²) in [5.74, 6) is 1.11. The summed E-state index contributed by atoms with van der Waals surface area (Å²) in [5.41, 5.74) is 1.93. The van der Waals surface area contributed by atoms with Crippen molar-refractivity contribution in [3.8, 4) is 11.5 Å². The molecule has 3 nitrogen and oxygen atoms in total. The maximum absolute atomic E-state index is 6.37. The zero-order valence-corrected chi connectivity index (χ0v) is 16.1. The average Bonchev–Trinajstić information content (AvgIpc) is 2.54. The number of hydrogen-bond donors (Lipinski definition) is 1. The molecule has 0 spiro atoms. The van der Waals surface area contributed by atoms with E-state index < -0.39 is 0 Å².